The van der Waals surface area contributed by atoms with Crippen molar-refractivity contribution in [3.8, 4) is 0 Å². The van der Waals surface area contributed by atoms with E-state index in [0.717, 1.165) is 0 Å². The number of carbonyl (C=O) groups excluding carboxylic acids is 2. The number of nitrogens with one attached hydrogen (secondary N) is 1. The van der Waals surface area contributed by atoms with Gasteiger partial charge < -0.3 is 10.4 Å². The molecule has 0 spiro atoms. The van der Waals surface area contributed by atoms with Gasteiger partial charge in [0.25, 0.3) is 0 Å². The molecule has 86 valence electrons. The van der Waals surface area contributed by atoms with E-state index < -0.39 is 17.0 Å². The maximum Gasteiger partial charge on any atom is 0.243 e. The van der Waals surface area contributed by atoms with E-state index in [4.69, 9.17) is 5.11 Å². The first-order valence-corrected chi connectivity index (χ1v) is 5.65. The van der Waals surface area contributed by atoms with Crippen molar-refractivity contribution in [1.82, 2.24) is 5.32 Å². The Morgan fingerprint density at radius 3 is 2.38 bits per heavy atom. The molecule has 1 aromatic carbocycles. The molecule has 16 heavy (non-hydrogen) atoms. The summed E-state index contributed by atoms with van der Waals surface area (Å²) in [6, 6.07) is 8.49. The molecule has 0 radical (unpaired) electrons. The second-order valence-electron chi connectivity index (χ2n) is 3.28. The minimum absolute atomic E-state index is 0.334. The number of hydrogen-bond donors (Lipinski definition) is 2. The first-order valence-electron chi connectivity index (χ1n) is 4.74. The zero-order chi connectivity index (χ0) is 12.1. The van der Waals surface area contributed by atoms with Crippen LogP contribution >= 0.6 is 15.9 Å². The van der Waals surface area contributed by atoms with Crippen molar-refractivity contribution in [2.24, 2.45) is 0 Å². The number of carbonyl (C=O) groups is 2. The number of benzene rings is 1. The van der Waals surface area contributed by atoms with Crippen molar-refractivity contribution in [3.05, 3.63) is 35.9 Å². The number of alkyl halides is 1. The first-order chi connectivity index (χ1) is 7.52. The van der Waals surface area contributed by atoms with Gasteiger partial charge in [0.15, 0.2) is 10.6 Å². The summed E-state index contributed by atoms with van der Waals surface area (Å²) in [4.78, 5) is 22.2. The van der Waals surface area contributed by atoms with Gasteiger partial charge in [-0.25, -0.2) is 0 Å². The molecular weight excluding hydrogens is 274 g/mol. The average molecular weight is 286 g/mol. The molecule has 0 fully saturated rings. The van der Waals surface area contributed by atoms with Gasteiger partial charge in [0.2, 0.25) is 5.91 Å². The molecule has 1 rings (SSSR count). The molecule has 0 aliphatic rings. The zero-order valence-corrected chi connectivity index (χ0v) is 10.3. The minimum Gasteiger partial charge on any atom is -0.374 e. The maximum absolute atomic E-state index is 11.8. The highest BCUT2D eigenvalue weighted by atomic mass is 79.9. The van der Waals surface area contributed by atoms with E-state index in [2.05, 4.69) is 21.2 Å². The Bertz CT molecular complexity index is 378. The maximum atomic E-state index is 11.8. The summed E-state index contributed by atoms with van der Waals surface area (Å²) >= 11 is 3.00. The van der Waals surface area contributed by atoms with Crippen LogP contribution < -0.4 is 5.32 Å². The van der Waals surface area contributed by atoms with Crippen molar-refractivity contribution in [2.45, 2.75) is 18.0 Å². The van der Waals surface area contributed by atoms with Crippen LogP contribution in [0, 0.1) is 0 Å². The fraction of sp³-hybridized carbons (Fsp3) is 0.273. The van der Waals surface area contributed by atoms with E-state index in [1.165, 1.54) is 6.92 Å². The zero-order valence-electron chi connectivity index (χ0n) is 8.68. The summed E-state index contributed by atoms with van der Waals surface area (Å²) in [6.45, 7) is 1.41. The van der Waals surface area contributed by atoms with Gasteiger partial charge in [0, 0.05) is 5.56 Å². The van der Waals surface area contributed by atoms with Crippen molar-refractivity contribution in [3.63, 3.8) is 0 Å². The van der Waals surface area contributed by atoms with Crippen LogP contribution in [0.1, 0.15) is 17.3 Å². The lowest BCUT2D eigenvalue weighted by Gasteiger charge is -2.11. The Morgan fingerprint density at radius 1 is 1.31 bits per heavy atom. The van der Waals surface area contributed by atoms with E-state index in [1.54, 1.807) is 30.3 Å². The largest absolute Gasteiger partial charge is 0.374 e. The first kappa shape index (κ1) is 12.9. The van der Waals surface area contributed by atoms with Crippen LogP contribution in [0.15, 0.2) is 30.3 Å². The van der Waals surface area contributed by atoms with Crippen LogP contribution in [0.25, 0.3) is 0 Å². The van der Waals surface area contributed by atoms with Gasteiger partial charge in [-0.3, -0.25) is 9.59 Å². The monoisotopic (exact) mass is 285 g/mol. The minimum atomic E-state index is -0.982. The molecule has 0 heterocycles. The Morgan fingerprint density at radius 2 is 1.88 bits per heavy atom. The lowest BCUT2D eigenvalue weighted by molar-refractivity contribution is -0.122. The van der Waals surface area contributed by atoms with E-state index >= 15 is 0 Å². The van der Waals surface area contributed by atoms with Crippen LogP contribution in [-0.4, -0.2) is 27.9 Å². The van der Waals surface area contributed by atoms with Gasteiger partial charge >= 0.3 is 0 Å². The van der Waals surface area contributed by atoms with Crippen LogP contribution in [0.2, 0.25) is 0 Å². The van der Waals surface area contributed by atoms with Crippen LogP contribution in [-0.2, 0) is 4.79 Å². The molecule has 0 aliphatic carbocycles. The Hall–Kier alpha value is -1.20. The van der Waals surface area contributed by atoms with Crippen molar-refractivity contribution >= 4 is 27.6 Å². The van der Waals surface area contributed by atoms with E-state index in [0.29, 0.717) is 5.56 Å². The third kappa shape index (κ3) is 3.43. The summed E-state index contributed by atoms with van der Waals surface area (Å²) in [5, 5.41) is 11.2. The molecule has 0 aromatic heterocycles. The standard InChI is InChI=1S/C11H12BrNO3/c1-7(14)13-11(16)9(12)10(15)8-5-3-2-4-6-8/h2-7,9,14H,1H3,(H,13,16). The smallest absolute Gasteiger partial charge is 0.243 e. The molecular formula is C11H12BrNO3. The van der Waals surface area contributed by atoms with Gasteiger partial charge in [-0.1, -0.05) is 46.3 Å². The van der Waals surface area contributed by atoms with Crippen molar-refractivity contribution in [1.29, 1.82) is 0 Å². The van der Waals surface area contributed by atoms with E-state index in [-0.39, 0.29) is 5.78 Å². The summed E-state index contributed by atoms with van der Waals surface area (Å²) in [7, 11) is 0. The Labute approximate surface area is 102 Å². The highest BCUT2D eigenvalue weighted by Gasteiger charge is 2.24. The fourth-order valence-corrected chi connectivity index (χ4v) is 1.54. The number of Topliss-reactive ketones (excluding diaryl/α,β-unsaturated/α-hetero) is 1. The molecule has 4 nitrogen and oxygen atoms in total. The lowest BCUT2D eigenvalue weighted by atomic mass is 10.1. The normalized spacial score (nSPS) is 13.9. The van der Waals surface area contributed by atoms with Gasteiger partial charge in [-0.05, 0) is 6.92 Å². The third-order valence-corrected chi connectivity index (χ3v) is 2.70. The van der Waals surface area contributed by atoms with Crippen LogP contribution in [0.3, 0.4) is 0 Å². The summed E-state index contributed by atoms with van der Waals surface area (Å²) in [5.41, 5.74) is 0.449. The topological polar surface area (TPSA) is 66.4 Å². The average Bonchev–Trinajstić information content (AvgIpc) is 2.27. The molecule has 0 saturated heterocycles. The highest BCUT2D eigenvalue weighted by molar-refractivity contribution is 9.10. The summed E-state index contributed by atoms with van der Waals surface area (Å²) < 4.78 is 0. The molecule has 2 unspecified atom stereocenters. The quantitative estimate of drug-likeness (QED) is 0.377. The van der Waals surface area contributed by atoms with Crippen molar-refractivity contribution < 1.29 is 14.7 Å². The summed E-state index contributed by atoms with van der Waals surface area (Å²) in [5.74, 6) is -0.886. The number of aliphatic hydroxyl groups is 1. The lowest BCUT2D eigenvalue weighted by Crippen LogP contribution is -2.40. The SMILES string of the molecule is CC(O)NC(=O)C(Br)C(=O)c1ccccc1. The van der Waals surface area contributed by atoms with E-state index in [9.17, 15) is 9.59 Å². The molecule has 0 saturated carbocycles. The summed E-state index contributed by atoms with van der Waals surface area (Å²) in [6.07, 6.45) is -0.976. The van der Waals surface area contributed by atoms with Gasteiger partial charge in [0.1, 0.15) is 6.23 Å². The predicted octanol–water partition coefficient (Wildman–Crippen LogP) is 1.09. The molecule has 1 amide bonds. The number of rotatable bonds is 4. The van der Waals surface area contributed by atoms with E-state index in [1.807, 2.05) is 0 Å². The number of aliphatic hydroxyl groups excluding tert-OH is 1. The molecule has 2 atom stereocenters. The van der Waals surface area contributed by atoms with Crippen molar-refractivity contribution in [2.75, 3.05) is 0 Å². The molecule has 1 aromatic rings. The van der Waals surface area contributed by atoms with Crippen LogP contribution in [0.5, 0.6) is 0 Å². The van der Waals surface area contributed by atoms with Gasteiger partial charge in [-0.2, -0.15) is 0 Å². The van der Waals surface area contributed by atoms with Gasteiger partial charge in [0.05, 0.1) is 0 Å². The predicted molar refractivity (Wildman–Crippen MR) is 63.3 cm³/mol. The number of ketones is 1. The van der Waals surface area contributed by atoms with Crippen LogP contribution in [0.4, 0.5) is 0 Å². The molecule has 0 bridgehead atoms. The fourth-order valence-electron chi connectivity index (χ4n) is 1.15. The Kier molecular flexibility index (Phi) is 4.64. The number of halogens is 1. The Balaban J connectivity index is 2.72. The third-order valence-electron chi connectivity index (χ3n) is 1.87. The second-order valence-corrected chi connectivity index (χ2v) is 4.19. The molecule has 2 N–H and O–H groups in total. The molecule has 0 aliphatic heterocycles. The highest BCUT2D eigenvalue weighted by Crippen LogP contribution is 2.10. The molecule has 5 heteroatoms. The number of hydrogen-bond acceptors (Lipinski definition) is 3. The number of amides is 1. The second kappa shape index (κ2) is 5.77. The van der Waals surface area contributed by atoms with Gasteiger partial charge in [-0.15, -0.1) is 0 Å².